The molecule has 1 saturated heterocycles. The van der Waals surface area contributed by atoms with Gasteiger partial charge in [0, 0.05) is 48.5 Å². The number of aromatic nitrogens is 2. The van der Waals surface area contributed by atoms with Gasteiger partial charge in [-0.15, -0.1) is 10.2 Å². The summed E-state index contributed by atoms with van der Waals surface area (Å²) in [7, 11) is 0. The van der Waals surface area contributed by atoms with Crippen molar-refractivity contribution in [2.45, 2.75) is 0 Å². The van der Waals surface area contributed by atoms with Crippen LogP contribution in [0.5, 0.6) is 11.5 Å². The van der Waals surface area contributed by atoms with E-state index in [0.29, 0.717) is 59.1 Å². The minimum absolute atomic E-state index is 0.151. The Kier molecular flexibility index (Phi) is 5.63. The number of nitrogens with zero attached hydrogens (tertiary/aromatic N) is 4. The van der Waals surface area contributed by atoms with Crippen molar-refractivity contribution in [1.82, 2.24) is 15.1 Å². The predicted octanol–water partition coefficient (Wildman–Crippen LogP) is 4.53. The molecule has 3 heterocycles. The van der Waals surface area contributed by atoms with Gasteiger partial charge in [0.2, 0.25) is 6.79 Å². The Hall–Kier alpha value is -3.23. The summed E-state index contributed by atoms with van der Waals surface area (Å²) in [5.74, 6) is 2.08. The molecule has 1 fully saturated rings. The predicted molar refractivity (Wildman–Crippen MR) is 123 cm³/mol. The summed E-state index contributed by atoms with van der Waals surface area (Å²) in [6.07, 6.45) is 0. The molecule has 0 spiro atoms. The topological polar surface area (TPSA) is 79.8 Å². The lowest BCUT2D eigenvalue weighted by Gasteiger charge is -2.35. The van der Waals surface area contributed by atoms with E-state index in [2.05, 4.69) is 20.4 Å². The number of benzene rings is 2. The minimum Gasteiger partial charge on any atom is -0.454 e. The molecule has 2 aliphatic rings. The monoisotopic (exact) mass is 471 g/mol. The van der Waals surface area contributed by atoms with Gasteiger partial charge in [-0.05, 0) is 42.5 Å². The number of hydrogen-bond donors (Lipinski definition) is 1. The van der Waals surface area contributed by atoms with Crippen LogP contribution in [0.4, 0.5) is 16.3 Å². The largest absolute Gasteiger partial charge is 0.454 e. The molecule has 2 amide bonds. The zero-order chi connectivity index (χ0) is 22.1. The van der Waals surface area contributed by atoms with E-state index in [1.54, 1.807) is 35.2 Å². The number of halogens is 2. The van der Waals surface area contributed by atoms with Crippen LogP contribution in [0.3, 0.4) is 0 Å². The molecule has 3 aromatic rings. The van der Waals surface area contributed by atoms with Gasteiger partial charge in [0.25, 0.3) is 0 Å². The van der Waals surface area contributed by atoms with Crippen LogP contribution in [0.25, 0.3) is 11.3 Å². The number of amides is 2. The smallest absolute Gasteiger partial charge is 0.321 e. The highest BCUT2D eigenvalue weighted by molar-refractivity contribution is 6.36. The van der Waals surface area contributed by atoms with Crippen molar-refractivity contribution in [3.63, 3.8) is 0 Å². The molecule has 0 radical (unpaired) electrons. The quantitative estimate of drug-likeness (QED) is 0.604. The van der Waals surface area contributed by atoms with Crippen LogP contribution in [0.15, 0.2) is 48.5 Å². The second-order valence-electron chi connectivity index (χ2n) is 7.37. The number of rotatable bonds is 3. The molecule has 0 unspecified atom stereocenters. The molecule has 2 aromatic carbocycles. The molecule has 5 rings (SSSR count). The Morgan fingerprint density at radius 3 is 2.47 bits per heavy atom. The maximum atomic E-state index is 12.6. The summed E-state index contributed by atoms with van der Waals surface area (Å²) < 4.78 is 10.7. The number of urea groups is 1. The highest BCUT2D eigenvalue weighted by atomic mass is 35.5. The molecule has 0 saturated carbocycles. The fraction of sp³-hybridized carbons (Fsp3) is 0.227. The first-order valence-corrected chi connectivity index (χ1v) is 10.8. The zero-order valence-electron chi connectivity index (χ0n) is 16.9. The van der Waals surface area contributed by atoms with Gasteiger partial charge in [0.05, 0.1) is 10.7 Å². The van der Waals surface area contributed by atoms with Crippen LogP contribution in [0.2, 0.25) is 10.0 Å². The highest BCUT2D eigenvalue weighted by Gasteiger charge is 2.23. The van der Waals surface area contributed by atoms with Crippen LogP contribution in [0.1, 0.15) is 0 Å². The summed E-state index contributed by atoms with van der Waals surface area (Å²) >= 11 is 12.2. The van der Waals surface area contributed by atoms with Crippen molar-refractivity contribution in [3.8, 4) is 22.8 Å². The molecule has 2 aliphatic heterocycles. The van der Waals surface area contributed by atoms with E-state index in [0.717, 1.165) is 11.4 Å². The van der Waals surface area contributed by atoms with Crippen LogP contribution >= 0.6 is 23.2 Å². The lowest BCUT2D eigenvalue weighted by atomic mass is 10.1. The standard InChI is InChI=1S/C22H19Cl2N5O3/c23-14-1-3-16(17(24)11-14)18-4-6-21(27-26-18)28-7-9-29(10-8-28)22(30)25-15-2-5-19-20(12-15)32-13-31-19/h1-6,11-12H,7-10,13H2,(H,25,30). The van der Waals surface area contributed by atoms with E-state index in [1.165, 1.54) is 0 Å². The lowest BCUT2D eigenvalue weighted by Crippen LogP contribution is -2.50. The molecule has 164 valence electrons. The van der Waals surface area contributed by atoms with E-state index in [4.69, 9.17) is 32.7 Å². The third-order valence-corrected chi connectivity index (χ3v) is 5.92. The van der Waals surface area contributed by atoms with Crippen molar-refractivity contribution in [1.29, 1.82) is 0 Å². The number of hydrogen-bond acceptors (Lipinski definition) is 6. The molecular weight excluding hydrogens is 453 g/mol. The van der Waals surface area contributed by atoms with Gasteiger partial charge < -0.3 is 24.6 Å². The fourth-order valence-electron chi connectivity index (χ4n) is 3.65. The maximum absolute atomic E-state index is 12.6. The Labute approximate surface area is 194 Å². The molecular formula is C22H19Cl2N5O3. The minimum atomic E-state index is -0.151. The summed E-state index contributed by atoms with van der Waals surface area (Å²) in [6.45, 7) is 2.66. The Morgan fingerprint density at radius 1 is 0.906 bits per heavy atom. The molecule has 32 heavy (non-hydrogen) atoms. The molecule has 10 heteroatoms. The second kappa shape index (κ2) is 8.72. The summed E-state index contributed by atoms with van der Waals surface area (Å²) in [5, 5.41) is 12.7. The average Bonchev–Trinajstić information content (AvgIpc) is 3.27. The van der Waals surface area contributed by atoms with Gasteiger partial charge in [-0.3, -0.25) is 0 Å². The average molecular weight is 472 g/mol. The Morgan fingerprint density at radius 2 is 1.72 bits per heavy atom. The van der Waals surface area contributed by atoms with E-state index in [9.17, 15) is 4.79 Å². The third-order valence-electron chi connectivity index (χ3n) is 5.37. The van der Waals surface area contributed by atoms with Crippen LogP contribution in [-0.4, -0.2) is 54.1 Å². The number of carbonyl (C=O) groups is 1. The summed E-state index contributed by atoms with van der Waals surface area (Å²) in [4.78, 5) is 16.5. The molecule has 1 aromatic heterocycles. The zero-order valence-corrected chi connectivity index (χ0v) is 18.4. The van der Waals surface area contributed by atoms with Gasteiger partial charge >= 0.3 is 6.03 Å². The third kappa shape index (κ3) is 4.24. The Bertz CT molecular complexity index is 1150. The number of fused-ring (bicyclic) bond motifs is 1. The molecule has 0 aliphatic carbocycles. The van der Waals surface area contributed by atoms with E-state index >= 15 is 0 Å². The molecule has 0 bridgehead atoms. The summed E-state index contributed by atoms with van der Waals surface area (Å²) in [5.41, 5.74) is 2.13. The van der Waals surface area contributed by atoms with Crippen molar-refractivity contribution < 1.29 is 14.3 Å². The van der Waals surface area contributed by atoms with Gasteiger partial charge in [-0.25, -0.2) is 4.79 Å². The first-order valence-electron chi connectivity index (χ1n) is 10.1. The van der Waals surface area contributed by atoms with Gasteiger partial charge in [0.15, 0.2) is 17.3 Å². The van der Waals surface area contributed by atoms with Crippen LogP contribution in [-0.2, 0) is 0 Å². The van der Waals surface area contributed by atoms with Gasteiger partial charge in [-0.1, -0.05) is 23.2 Å². The fourth-order valence-corrected chi connectivity index (χ4v) is 4.16. The molecule has 0 atom stereocenters. The van der Waals surface area contributed by atoms with Crippen LogP contribution < -0.4 is 19.7 Å². The van der Waals surface area contributed by atoms with Gasteiger partial charge in [-0.2, -0.15) is 0 Å². The summed E-state index contributed by atoms with van der Waals surface area (Å²) in [6, 6.07) is 14.3. The maximum Gasteiger partial charge on any atom is 0.321 e. The van der Waals surface area contributed by atoms with Crippen molar-refractivity contribution in [2.24, 2.45) is 0 Å². The number of ether oxygens (including phenoxy) is 2. The normalized spacial score (nSPS) is 15.1. The molecule has 1 N–H and O–H groups in total. The van der Waals surface area contributed by atoms with E-state index in [1.807, 2.05) is 18.2 Å². The van der Waals surface area contributed by atoms with Crippen LogP contribution in [0, 0.1) is 0 Å². The number of piperazine rings is 1. The van der Waals surface area contributed by atoms with Crippen molar-refractivity contribution in [2.75, 3.05) is 43.2 Å². The van der Waals surface area contributed by atoms with E-state index < -0.39 is 0 Å². The first-order chi connectivity index (χ1) is 15.6. The van der Waals surface area contributed by atoms with E-state index in [-0.39, 0.29) is 12.8 Å². The van der Waals surface area contributed by atoms with Crippen molar-refractivity contribution >= 4 is 40.7 Å². The number of carbonyl (C=O) groups excluding carboxylic acids is 1. The highest BCUT2D eigenvalue weighted by Crippen LogP contribution is 2.34. The van der Waals surface area contributed by atoms with Gasteiger partial charge in [0.1, 0.15) is 0 Å². The SMILES string of the molecule is O=C(Nc1ccc2c(c1)OCO2)N1CCN(c2ccc(-c3ccc(Cl)cc3Cl)nn2)CC1. The number of nitrogens with one attached hydrogen (secondary N) is 1. The van der Waals surface area contributed by atoms with Crippen molar-refractivity contribution in [3.05, 3.63) is 58.6 Å². The number of anilines is 2. The lowest BCUT2D eigenvalue weighted by molar-refractivity contribution is 0.174. The first kappa shape index (κ1) is 20.7. The molecule has 8 nitrogen and oxygen atoms in total. The second-order valence-corrected chi connectivity index (χ2v) is 8.22. The Balaban J connectivity index is 1.18.